The maximum absolute atomic E-state index is 5.68. The molecule has 1 aliphatic carbocycles. The van der Waals surface area contributed by atoms with Gasteiger partial charge in [-0.2, -0.15) is 0 Å². The van der Waals surface area contributed by atoms with Crippen LogP contribution < -0.4 is 0 Å². The summed E-state index contributed by atoms with van der Waals surface area (Å²) in [6, 6.07) is 77.7. The second kappa shape index (κ2) is 15.0. The number of fused-ring (bicyclic) bond motifs is 3. The molecule has 1 heteroatoms. The zero-order valence-electron chi connectivity index (χ0n) is 33.7. The highest BCUT2D eigenvalue weighted by atomic mass is 14.7. The molecule has 0 saturated heterocycles. The van der Waals surface area contributed by atoms with E-state index in [1.807, 2.05) is 0 Å². The Morgan fingerprint density at radius 1 is 0.356 bits per heavy atom. The fourth-order valence-corrected chi connectivity index (χ4v) is 9.59. The van der Waals surface area contributed by atoms with E-state index >= 15 is 0 Å². The third kappa shape index (κ3) is 6.22. The van der Waals surface area contributed by atoms with Gasteiger partial charge in [-0.15, -0.1) is 0 Å². The highest BCUT2D eigenvalue weighted by molar-refractivity contribution is 5.96. The van der Waals surface area contributed by atoms with Crippen molar-refractivity contribution >= 4 is 0 Å². The Labute approximate surface area is 348 Å². The molecule has 1 atom stereocenters. The first-order chi connectivity index (χ1) is 29.0. The van der Waals surface area contributed by atoms with E-state index in [4.69, 9.17) is 4.98 Å². The topological polar surface area (TPSA) is 12.9 Å². The maximum atomic E-state index is 5.68. The van der Waals surface area contributed by atoms with Crippen molar-refractivity contribution < 1.29 is 0 Å². The van der Waals surface area contributed by atoms with Crippen LogP contribution in [0.25, 0.3) is 67.0 Å². The minimum atomic E-state index is -0.525. The molecule has 0 N–H and O–H groups in total. The summed E-state index contributed by atoms with van der Waals surface area (Å²) in [5.41, 5.74) is 21.0. The first-order valence-electron chi connectivity index (χ1n) is 20.7. The van der Waals surface area contributed by atoms with E-state index < -0.39 is 5.41 Å². The van der Waals surface area contributed by atoms with E-state index in [0.29, 0.717) is 5.92 Å². The average molecular weight is 756 g/mol. The SMILES string of the molecule is Cc1ccccc1C1(c2ccccc2C(C)C)c2ccccc2-c2c(-c3cc(-c4ccccc4)cc(-c4cc(-c5ccccc5)cc(-c5ccccc5)c4)n3)cccc21. The number of rotatable bonds is 8. The summed E-state index contributed by atoms with van der Waals surface area (Å²) in [5.74, 6) is 0.339. The lowest BCUT2D eigenvalue weighted by Crippen LogP contribution is -2.31. The number of hydrogen-bond donors (Lipinski definition) is 0. The largest absolute Gasteiger partial charge is 0.248 e. The number of aryl methyl sites for hydroxylation is 1. The van der Waals surface area contributed by atoms with Gasteiger partial charge in [-0.1, -0.05) is 196 Å². The molecule has 0 radical (unpaired) electrons. The zero-order valence-corrected chi connectivity index (χ0v) is 33.7. The summed E-state index contributed by atoms with van der Waals surface area (Å²) in [5, 5.41) is 0. The first kappa shape index (κ1) is 36.3. The Hall–Kier alpha value is -7.09. The van der Waals surface area contributed by atoms with Crippen LogP contribution in [-0.4, -0.2) is 4.98 Å². The second-order valence-electron chi connectivity index (χ2n) is 16.1. The van der Waals surface area contributed by atoms with Gasteiger partial charge in [-0.05, 0) is 121 Å². The molecule has 0 spiro atoms. The summed E-state index contributed by atoms with van der Waals surface area (Å²) in [6.07, 6.45) is 0. The number of pyridine rings is 1. The van der Waals surface area contributed by atoms with Crippen LogP contribution in [0.1, 0.15) is 53.1 Å². The third-order valence-corrected chi connectivity index (χ3v) is 12.3. The summed E-state index contributed by atoms with van der Waals surface area (Å²) in [7, 11) is 0. The van der Waals surface area contributed by atoms with Crippen molar-refractivity contribution in [1.29, 1.82) is 0 Å². The molecule has 0 aliphatic heterocycles. The number of nitrogens with zero attached hydrogens (tertiary/aromatic N) is 1. The van der Waals surface area contributed by atoms with Crippen LogP contribution in [0.3, 0.4) is 0 Å². The van der Waals surface area contributed by atoms with Gasteiger partial charge < -0.3 is 0 Å². The Balaban J connectivity index is 1.27. The quantitative estimate of drug-likeness (QED) is 0.150. The monoisotopic (exact) mass is 755 g/mol. The predicted molar refractivity (Wildman–Crippen MR) is 248 cm³/mol. The molecule has 1 aliphatic rings. The average Bonchev–Trinajstić information content (AvgIpc) is 3.60. The Morgan fingerprint density at radius 2 is 0.814 bits per heavy atom. The summed E-state index contributed by atoms with van der Waals surface area (Å²) < 4.78 is 0. The van der Waals surface area contributed by atoms with Crippen LogP contribution in [0.5, 0.6) is 0 Å². The van der Waals surface area contributed by atoms with Gasteiger partial charge in [0.2, 0.25) is 0 Å². The number of hydrogen-bond acceptors (Lipinski definition) is 1. The fourth-order valence-electron chi connectivity index (χ4n) is 9.59. The van der Waals surface area contributed by atoms with Gasteiger partial charge in [0, 0.05) is 11.1 Å². The maximum Gasteiger partial charge on any atom is 0.0722 e. The van der Waals surface area contributed by atoms with Crippen molar-refractivity contribution in [3.05, 3.63) is 246 Å². The van der Waals surface area contributed by atoms with Gasteiger partial charge in [0.15, 0.2) is 0 Å². The van der Waals surface area contributed by atoms with Crippen molar-refractivity contribution in [3.8, 4) is 67.0 Å². The molecule has 1 aromatic heterocycles. The second-order valence-corrected chi connectivity index (χ2v) is 16.1. The van der Waals surface area contributed by atoms with Crippen LogP contribution in [0.2, 0.25) is 0 Å². The first-order valence-corrected chi connectivity index (χ1v) is 20.7. The van der Waals surface area contributed by atoms with Gasteiger partial charge in [-0.3, -0.25) is 0 Å². The zero-order chi connectivity index (χ0) is 39.9. The van der Waals surface area contributed by atoms with Crippen molar-refractivity contribution in [2.75, 3.05) is 0 Å². The molecule has 1 heterocycles. The molecular formula is C58H45N. The van der Waals surface area contributed by atoms with Crippen molar-refractivity contribution in [2.45, 2.75) is 32.1 Å². The minimum absolute atomic E-state index is 0.339. The standard InChI is InChI=1S/C58H45N/c1-39(2)48-27-14-17-31-52(48)58(51-30-16-13-20-40(51)3)53-32-18-15-28-49(53)57-50(29-19-33-54(57)58)56-38-46(43-25-11-6-12-26-43)37-55(59-56)47-35-44(41-21-7-4-8-22-41)34-45(36-47)42-23-9-5-10-24-42/h4-39H,1-3H3. The molecule has 1 nitrogen and oxygen atoms in total. The smallest absolute Gasteiger partial charge is 0.0722 e. The van der Waals surface area contributed by atoms with E-state index in [1.54, 1.807) is 0 Å². The predicted octanol–water partition coefficient (Wildman–Crippen LogP) is 15.2. The molecule has 10 rings (SSSR count). The summed E-state index contributed by atoms with van der Waals surface area (Å²) in [4.78, 5) is 5.68. The number of benzene rings is 8. The Bertz CT molecular complexity index is 2900. The lowest BCUT2D eigenvalue weighted by atomic mass is 9.64. The number of aromatic nitrogens is 1. The van der Waals surface area contributed by atoms with E-state index in [9.17, 15) is 0 Å². The lowest BCUT2D eigenvalue weighted by Gasteiger charge is -2.37. The van der Waals surface area contributed by atoms with Crippen molar-refractivity contribution in [3.63, 3.8) is 0 Å². The molecule has 9 aromatic rings. The molecule has 0 saturated carbocycles. The van der Waals surface area contributed by atoms with Crippen molar-refractivity contribution in [2.24, 2.45) is 0 Å². The molecule has 8 aromatic carbocycles. The molecule has 1 unspecified atom stereocenters. The molecule has 282 valence electrons. The van der Waals surface area contributed by atoms with Crippen LogP contribution in [-0.2, 0) is 5.41 Å². The highest BCUT2D eigenvalue weighted by Crippen LogP contribution is 2.59. The Morgan fingerprint density at radius 3 is 1.42 bits per heavy atom. The summed E-state index contributed by atoms with van der Waals surface area (Å²) >= 11 is 0. The summed E-state index contributed by atoms with van der Waals surface area (Å²) in [6.45, 7) is 6.90. The molecular weight excluding hydrogens is 711 g/mol. The van der Waals surface area contributed by atoms with Gasteiger partial charge in [0.05, 0.1) is 16.8 Å². The van der Waals surface area contributed by atoms with Gasteiger partial charge in [0.25, 0.3) is 0 Å². The van der Waals surface area contributed by atoms with E-state index in [0.717, 1.165) is 44.8 Å². The van der Waals surface area contributed by atoms with Crippen LogP contribution in [0, 0.1) is 6.92 Å². The van der Waals surface area contributed by atoms with Crippen LogP contribution in [0.4, 0.5) is 0 Å². The highest BCUT2D eigenvalue weighted by Gasteiger charge is 2.48. The Kier molecular flexibility index (Phi) is 9.23. The van der Waals surface area contributed by atoms with Crippen LogP contribution in [0.15, 0.2) is 212 Å². The molecule has 0 fully saturated rings. The van der Waals surface area contributed by atoms with Gasteiger partial charge in [0.1, 0.15) is 0 Å². The van der Waals surface area contributed by atoms with Gasteiger partial charge in [-0.25, -0.2) is 4.98 Å². The fraction of sp³-hybridized carbons (Fsp3) is 0.0862. The molecule has 0 amide bonds. The molecule has 59 heavy (non-hydrogen) atoms. The van der Waals surface area contributed by atoms with Crippen molar-refractivity contribution in [1.82, 2.24) is 4.98 Å². The van der Waals surface area contributed by atoms with E-state index in [-0.39, 0.29) is 0 Å². The lowest BCUT2D eigenvalue weighted by molar-refractivity contribution is 0.725. The van der Waals surface area contributed by atoms with E-state index in [1.165, 1.54) is 55.6 Å². The molecule has 0 bridgehead atoms. The van der Waals surface area contributed by atoms with Crippen LogP contribution >= 0.6 is 0 Å². The third-order valence-electron chi connectivity index (χ3n) is 12.3. The normalized spacial score (nSPS) is 14.2. The minimum Gasteiger partial charge on any atom is -0.248 e. The van der Waals surface area contributed by atoms with E-state index in [2.05, 4.69) is 233 Å². The van der Waals surface area contributed by atoms with Gasteiger partial charge >= 0.3 is 0 Å².